The fourth-order valence-electron chi connectivity index (χ4n) is 3.92. The molecule has 180 valence electrons. The van der Waals surface area contributed by atoms with Gasteiger partial charge in [0.2, 0.25) is 11.8 Å². The van der Waals surface area contributed by atoms with Crippen LogP contribution in [-0.2, 0) is 22.6 Å². The summed E-state index contributed by atoms with van der Waals surface area (Å²) in [7, 11) is 0. The van der Waals surface area contributed by atoms with Crippen molar-refractivity contribution >= 4 is 29.5 Å². The lowest BCUT2D eigenvalue weighted by molar-refractivity contribution is -0.120. The second-order valence-electron chi connectivity index (χ2n) is 8.63. The number of nitrogens with zero attached hydrogens (tertiary/aromatic N) is 4. The lowest BCUT2D eigenvalue weighted by Gasteiger charge is -2.24. The van der Waals surface area contributed by atoms with Crippen LogP contribution in [0.5, 0.6) is 5.75 Å². The van der Waals surface area contributed by atoms with Crippen LogP contribution in [0.15, 0.2) is 42.5 Å². The van der Waals surface area contributed by atoms with Gasteiger partial charge in [0.1, 0.15) is 18.1 Å². The van der Waals surface area contributed by atoms with Crippen molar-refractivity contribution in [1.82, 2.24) is 25.7 Å². The summed E-state index contributed by atoms with van der Waals surface area (Å²) >= 11 is 0. The molecule has 0 radical (unpaired) electrons. The van der Waals surface area contributed by atoms with Crippen molar-refractivity contribution in [2.75, 3.05) is 16.8 Å². The molecule has 4 amide bonds. The molecule has 2 aliphatic rings. The van der Waals surface area contributed by atoms with Crippen LogP contribution in [0.25, 0.3) is 0 Å². The monoisotopic (exact) mass is 475 g/mol. The van der Waals surface area contributed by atoms with Gasteiger partial charge in [0, 0.05) is 30.6 Å². The van der Waals surface area contributed by atoms with Crippen LogP contribution in [0.1, 0.15) is 48.6 Å². The number of amides is 4. The molecule has 1 saturated carbocycles. The van der Waals surface area contributed by atoms with E-state index in [4.69, 9.17) is 4.74 Å². The van der Waals surface area contributed by atoms with Crippen molar-refractivity contribution in [1.29, 1.82) is 0 Å². The first-order valence-electron chi connectivity index (χ1n) is 11.5. The van der Waals surface area contributed by atoms with Crippen molar-refractivity contribution in [3.63, 3.8) is 0 Å². The number of aromatic amines is 1. The van der Waals surface area contributed by atoms with Crippen molar-refractivity contribution < 1.29 is 19.1 Å². The number of anilines is 2. The number of carbonyl (C=O) groups excluding carboxylic acids is 3. The summed E-state index contributed by atoms with van der Waals surface area (Å²) in [5.41, 5.74) is 2.53. The van der Waals surface area contributed by atoms with Gasteiger partial charge in [-0.3, -0.25) is 24.9 Å². The number of hydrogen-bond donors (Lipinski definition) is 3. The molecule has 5 rings (SSSR count). The lowest BCUT2D eigenvalue weighted by Crippen LogP contribution is -2.50. The van der Waals surface area contributed by atoms with Crippen LogP contribution >= 0.6 is 0 Å². The Bertz CT molecular complexity index is 1220. The van der Waals surface area contributed by atoms with Gasteiger partial charge in [0.25, 0.3) is 0 Å². The topological polar surface area (TPSA) is 142 Å². The quantitative estimate of drug-likeness (QED) is 0.455. The van der Waals surface area contributed by atoms with E-state index in [1.165, 1.54) is 24.2 Å². The SMILES string of the molecule is O=C1CCN(c2ccc(COc3ccc(CC(=O)Nc4cc(C5CCC5)[nH]n4)cc3)nn2)C(=O)N1. The Morgan fingerprint density at radius 2 is 1.94 bits per heavy atom. The predicted molar refractivity (Wildman–Crippen MR) is 126 cm³/mol. The zero-order valence-electron chi connectivity index (χ0n) is 19.0. The van der Waals surface area contributed by atoms with Gasteiger partial charge in [-0.25, -0.2) is 4.79 Å². The summed E-state index contributed by atoms with van der Waals surface area (Å²) in [6, 6.07) is 12.1. The highest BCUT2D eigenvalue weighted by Crippen LogP contribution is 2.35. The maximum atomic E-state index is 12.4. The van der Waals surface area contributed by atoms with E-state index in [9.17, 15) is 14.4 Å². The normalized spacial score (nSPS) is 15.9. The van der Waals surface area contributed by atoms with Crippen LogP contribution in [-0.4, -0.2) is 44.8 Å². The molecule has 0 unspecified atom stereocenters. The second-order valence-corrected chi connectivity index (χ2v) is 8.63. The second kappa shape index (κ2) is 9.92. The van der Waals surface area contributed by atoms with Gasteiger partial charge >= 0.3 is 6.03 Å². The molecule has 0 atom stereocenters. The number of carbonyl (C=O) groups is 3. The fourth-order valence-corrected chi connectivity index (χ4v) is 3.92. The highest BCUT2D eigenvalue weighted by molar-refractivity contribution is 6.05. The van der Waals surface area contributed by atoms with E-state index >= 15 is 0 Å². The van der Waals surface area contributed by atoms with Gasteiger partial charge in [-0.05, 0) is 42.7 Å². The van der Waals surface area contributed by atoms with Gasteiger partial charge in [0.05, 0.1) is 6.42 Å². The van der Waals surface area contributed by atoms with E-state index in [0.29, 0.717) is 29.0 Å². The van der Waals surface area contributed by atoms with Crippen molar-refractivity contribution in [2.24, 2.45) is 0 Å². The zero-order valence-corrected chi connectivity index (χ0v) is 19.0. The van der Waals surface area contributed by atoms with E-state index in [0.717, 1.165) is 11.3 Å². The minimum absolute atomic E-state index is 0.132. The number of imide groups is 1. The molecule has 3 aromatic rings. The number of urea groups is 1. The number of ether oxygens (including phenoxy) is 1. The molecule has 1 aromatic carbocycles. The molecular formula is C24H25N7O4. The molecular weight excluding hydrogens is 450 g/mol. The predicted octanol–water partition coefficient (Wildman–Crippen LogP) is 2.67. The summed E-state index contributed by atoms with van der Waals surface area (Å²) in [6.07, 6.45) is 4.03. The number of benzene rings is 1. The Morgan fingerprint density at radius 3 is 2.63 bits per heavy atom. The molecule has 35 heavy (non-hydrogen) atoms. The zero-order chi connectivity index (χ0) is 24.2. The molecule has 1 saturated heterocycles. The fraction of sp³-hybridized carbons (Fsp3) is 0.333. The first-order valence-corrected chi connectivity index (χ1v) is 11.5. The molecule has 2 aromatic heterocycles. The van der Waals surface area contributed by atoms with Crippen LogP contribution < -0.4 is 20.3 Å². The Hall–Kier alpha value is -4.28. The maximum Gasteiger partial charge on any atom is 0.329 e. The molecule has 2 fully saturated rings. The highest BCUT2D eigenvalue weighted by Gasteiger charge is 2.25. The molecule has 11 nitrogen and oxygen atoms in total. The summed E-state index contributed by atoms with van der Waals surface area (Å²) in [5.74, 6) is 1.66. The van der Waals surface area contributed by atoms with Crippen molar-refractivity contribution in [2.45, 2.75) is 44.6 Å². The van der Waals surface area contributed by atoms with Gasteiger partial charge in [0.15, 0.2) is 11.6 Å². The van der Waals surface area contributed by atoms with E-state index < -0.39 is 6.03 Å². The minimum atomic E-state index is -0.504. The molecule has 1 aliphatic heterocycles. The molecule has 3 heterocycles. The number of hydrogen-bond acceptors (Lipinski definition) is 7. The van der Waals surface area contributed by atoms with E-state index in [1.54, 1.807) is 24.3 Å². The highest BCUT2D eigenvalue weighted by atomic mass is 16.5. The van der Waals surface area contributed by atoms with Crippen LogP contribution in [0.4, 0.5) is 16.4 Å². The van der Waals surface area contributed by atoms with Crippen LogP contribution in [0.3, 0.4) is 0 Å². The molecule has 3 N–H and O–H groups in total. The summed E-state index contributed by atoms with van der Waals surface area (Å²) in [4.78, 5) is 36.9. The largest absolute Gasteiger partial charge is 0.487 e. The molecule has 1 aliphatic carbocycles. The smallest absolute Gasteiger partial charge is 0.329 e. The van der Waals surface area contributed by atoms with E-state index in [2.05, 4.69) is 31.0 Å². The summed E-state index contributed by atoms with van der Waals surface area (Å²) in [5, 5.41) is 20.4. The van der Waals surface area contributed by atoms with Crippen LogP contribution in [0, 0.1) is 0 Å². The van der Waals surface area contributed by atoms with Crippen molar-refractivity contribution in [3.8, 4) is 5.75 Å². The van der Waals surface area contributed by atoms with Gasteiger partial charge in [-0.15, -0.1) is 10.2 Å². The third-order valence-corrected chi connectivity index (χ3v) is 6.12. The molecule has 0 spiro atoms. The standard InChI is InChI=1S/C24H25N7O4/c32-22-10-11-31(24(34)26-22)21-9-6-17(27-30-21)14-35-18-7-4-15(5-8-18)12-23(33)25-20-13-19(28-29-20)16-2-1-3-16/h4-9,13,16H,1-3,10-12,14H2,(H,26,32,34)(H2,25,28,29,33). The minimum Gasteiger partial charge on any atom is -0.487 e. The third kappa shape index (κ3) is 5.45. The van der Waals surface area contributed by atoms with E-state index in [-0.39, 0.29) is 37.8 Å². The summed E-state index contributed by atoms with van der Waals surface area (Å²) < 4.78 is 5.75. The van der Waals surface area contributed by atoms with E-state index in [1.807, 2.05) is 18.2 Å². The first-order chi connectivity index (χ1) is 17.0. The Kier molecular flexibility index (Phi) is 6.38. The number of H-pyrrole nitrogens is 1. The average Bonchev–Trinajstić information content (AvgIpc) is 3.25. The number of nitrogens with one attached hydrogen (secondary N) is 3. The molecule has 11 heteroatoms. The number of rotatable bonds is 8. The molecule has 0 bridgehead atoms. The van der Waals surface area contributed by atoms with Crippen molar-refractivity contribution in [3.05, 3.63) is 59.4 Å². The Morgan fingerprint density at radius 1 is 1.11 bits per heavy atom. The maximum absolute atomic E-state index is 12.4. The first kappa shape index (κ1) is 22.5. The Balaban J connectivity index is 1.09. The summed E-state index contributed by atoms with van der Waals surface area (Å²) in [6.45, 7) is 0.461. The van der Waals surface area contributed by atoms with Gasteiger partial charge in [-0.2, -0.15) is 5.10 Å². The van der Waals surface area contributed by atoms with Gasteiger partial charge in [-0.1, -0.05) is 18.6 Å². The average molecular weight is 476 g/mol. The van der Waals surface area contributed by atoms with Gasteiger partial charge < -0.3 is 10.1 Å². The Labute approximate surface area is 201 Å². The van der Waals surface area contributed by atoms with Crippen LogP contribution in [0.2, 0.25) is 0 Å². The third-order valence-electron chi connectivity index (χ3n) is 6.12. The lowest BCUT2D eigenvalue weighted by atomic mass is 9.83. The number of aromatic nitrogens is 4.